The van der Waals surface area contributed by atoms with E-state index < -0.39 is 5.60 Å². The number of urea groups is 1. The highest BCUT2D eigenvalue weighted by atomic mass is 16.6. The molecule has 0 atom stereocenters. The number of amides is 3. The van der Waals surface area contributed by atoms with Crippen LogP contribution in [0.5, 0.6) is 0 Å². The molecule has 0 spiro atoms. The molecule has 8 nitrogen and oxygen atoms in total. The van der Waals surface area contributed by atoms with E-state index in [-0.39, 0.29) is 12.1 Å². The Morgan fingerprint density at radius 3 is 2.40 bits per heavy atom. The van der Waals surface area contributed by atoms with Gasteiger partial charge in [-0.15, -0.1) is 0 Å². The number of anilines is 1. The van der Waals surface area contributed by atoms with Crippen LogP contribution >= 0.6 is 0 Å². The van der Waals surface area contributed by atoms with Crippen molar-refractivity contribution in [2.75, 3.05) is 44.6 Å². The van der Waals surface area contributed by atoms with Gasteiger partial charge in [0.15, 0.2) is 0 Å². The number of hydrogen-bond donors (Lipinski definition) is 2. The number of aromatic nitrogens is 1. The summed E-state index contributed by atoms with van der Waals surface area (Å²) in [5.41, 5.74) is 1.25. The number of benzene rings is 1. The minimum atomic E-state index is -0.479. The second-order valence-corrected chi connectivity index (χ2v) is 8.33. The fourth-order valence-corrected chi connectivity index (χ4v) is 3.23. The Morgan fingerprint density at radius 2 is 1.73 bits per heavy atom. The van der Waals surface area contributed by atoms with E-state index in [2.05, 4.69) is 15.5 Å². The molecule has 30 heavy (non-hydrogen) atoms. The molecule has 2 aromatic rings. The van der Waals surface area contributed by atoms with E-state index in [0.29, 0.717) is 19.6 Å². The highest BCUT2D eigenvalue weighted by molar-refractivity contribution is 5.89. The maximum absolute atomic E-state index is 12.2. The topological polar surface area (TPSA) is 78.8 Å². The third-order valence-electron chi connectivity index (χ3n) is 4.74. The predicted octanol–water partition coefficient (Wildman–Crippen LogP) is 3.15. The molecule has 1 saturated heterocycles. The SMILES string of the molecule is CC(C)(C)OC(=O)N1CCN(CCNC(=O)Nc2cccc(-n3cccc3)c2)CC1. The van der Waals surface area contributed by atoms with Crippen molar-refractivity contribution >= 4 is 17.8 Å². The molecular formula is C22H31N5O3. The molecular weight excluding hydrogens is 382 g/mol. The molecule has 1 aromatic heterocycles. The predicted molar refractivity (Wildman–Crippen MR) is 117 cm³/mol. The molecule has 0 unspecified atom stereocenters. The molecule has 3 rings (SSSR count). The Morgan fingerprint density at radius 1 is 1.03 bits per heavy atom. The molecule has 1 fully saturated rings. The molecule has 1 aliphatic heterocycles. The van der Waals surface area contributed by atoms with Crippen molar-refractivity contribution in [3.63, 3.8) is 0 Å². The van der Waals surface area contributed by atoms with Gasteiger partial charge in [-0.2, -0.15) is 0 Å². The largest absolute Gasteiger partial charge is 0.444 e. The Balaban J connectivity index is 1.37. The van der Waals surface area contributed by atoms with Gasteiger partial charge in [0.2, 0.25) is 0 Å². The minimum Gasteiger partial charge on any atom is -0.444 e. The van der Waals surface area contributed by atoms with E-state index in [0.717, 1.165) is 31.0 Å². The first kappa shape index (κ1) is 21.7. The number of nitrogens with one attached hydrogen (secondary N) is 2. The summed E-state index contributed by atoms with van der Waals surface area (Å²) in [6.45, 7) is 9.68. The zero-order valence-corrected chi connectivity index (χ0v) is 17.9. The van der Waals surface area contributed by atoms with Gasteiger partial charge in [0.05, 0.1) is 0 Å². The van der Waals surface area contributed by atoms with Crippen molar-refractivity contribution in [2.45, 2.75) is 26.4 Å². The van der Waals surface area contributed by atoms with E-state index in [1.54, 1.807) is 4.90 Å². The van der Waals surface area contributed by atoms with Gasteiger partial charge < -0.3 is 24.8 Å². The van der Waals surface area contributed by atoms with Crippen LogP contribution in [-0.2, 0) is 4.74 Å². The van der Waals surface area contributed by atoms with Crippen LogP contribution in [0.3, 0.4) is 0 Å². The summed E-state index contributed by atoms with van der Waals surface area (Å²) in [5.74, 6) is 0. The van der Waals surface area contributed by atoms with Crippen molar-refractivity contribution in [1.29, 1.82) is 0 Å². The molecule has 162 valence electrons. The molecule has 2 N–H and O–H groups in total. The Hall–Kier alpha value is -3.00. The molecule has 1 aromatic carbocycles. The summed E-state index contributed by atoms with van der Waals surface area (Å²) >= 11 is 0. The van der Waals surface area contributed by atoms with Gasteiger partial charge in [0.25, 0.3) is 0 Å². The lowest BCUT2D eigenvalue weighted by molar-refractivity contribution is 0.0147. The number of nitrogens with zero attached hydrogens (tertiary/aromatic N) is 3. The van der Waals surface area contributed by atoms with E-state index in [1.165, 1.54) is 0 Å². The van der Waals surface area contributed by atoms with Gasteiger partial charge in [-0.05, 0) is 51.1 Å². The van der Waals surface area contributed by atoms with Gasteiger partial charge >= 0.3 is 12.1 Å². The zero-order valence-electron chi connectivity index (χ0n) is 17.9. The summed E-state index contributed by atoms with van der Waals surface area (Å²) < 4.78 is 7.40. The van der Waals surface area contributed by atoms with Crippen LogP contribution < -0.4 is 10.6 Å². The van der Waals surface area contributed by atoms with Crippen LogP contribution in [0.25, 0.3) is 5.69 Å². The molecule has 0 aliphatic carbocycles. The lowest BCUT2D eigenvalue weighted by Gasteiger charge is -2.35. The van der Waals surface area contributed by atoms with Gasteiger partial charge in [-0.25, -0.2) is 9.59 Å². The number of ether oxygens (including phenoxy) is 1. The lowest BCUT2D eigenvalue weighted by atomic mass is 10.2. The summed E-state index contributed by atoms with van der Waals surface area (Å²) in [6, 6.07) is 11.4. The first-order chi connectivity index (χ1) is 14.3. The lowest BCUT2D eigenvalue weighted by Crippen LogP contribution is -2.51. The van der Waals surface area contributed by atoms with Crippen LogP contribution in [0.2, 0.25) is 0 Å². The number of carbonyl (C=O) groups is 2. The maximum atomic E-state index is 12.2. The van der Waals surface area contributed by atoms with Crippen LogP contribution in [0, 0.1) is 0 Å². The number of piperazine rings is 1. The van der Waals surface area contributed by atoms with Crippen LogP contribution in [0.1, 0.15) is 20.8 Å². The third kappa shape index (κ3) is 6.52. The summed E-state index contributed by atoms with van der Waals surface area (Å²) in [4.78, 5) is 28.3. The third-order valence-corrected chi connectivity index (χ3v) is 4.74. The fraction of sp³-hybridized carbons (Fsp3) is 0.455. The average Bonchev–Trinajstić information content (AvgIpc) is 3.22. The zero-order chi connectivity index (χ0) is 21.6. The highest BCUT2D eigenvalue weighted by Gasteiger charge is 2.25. The summed E-state index contributed by atoms with van der Waals surface area (Å²) in [6.07, 6.45) is 3.66. The normalized spacial score (nSPS) is 15.0. The van der Waals surface area contributed by atoms with Crippen LogP contribution in [-0.4, -0.2) is 71.4 Å². The number of rotatable bonds is 5. The van der Waals surface area contributed by atoms with Crippen LogP contribution in [0.15, 0.2) is 48.8 Å². The Labute approximate surface area is 177 Å². The molecule has 8 heteroatoms. The molecule has 1 aliphatic rings. The van der Waals surface area contributed by atoms with Gasteiger partial charge in [0, 0.05) is 63.0 Å². The number of carbonyl (C=O) groups excluding carboxylic acids is 2. The second kappa shape index (κ2) is 9.67. The van der Waals surface area contributed by atoms with E-state index >= 15 is 0 Å². The average molecular weight is 414 g/mol. The minimum absolute atomic E-state index is 0.230. The van der Waals surface area contributed by atoms with E-state index in [1.807, 2.05) is 74.1 Å². The Kier molecular flexibility index (Phi) is 6.99. The first-order valence-electron chi connectivity index (χ1n) is 10.3. The Bertz CT molecular complexity index is 837. The summed E-state index contributed by atoms with van der Waals surface area (Å²) in [5, 5.41) is 5.77. The quantitative estimate of drug-likeness (QED) is 0.789. The van der Waals surface area contributed by atoms with Crippen molar-refractivity contribution in [3.05, 3.63) is 48.8 Å². The smallest absolute Gasteiger partial charge is 0.410 e. The standard InChI is InChI=1S/C22H31N5O3/c1-22(2,3)30-21(29)27-15-13-25(14-16-27)12-9-23-20(28)24-18-7-6-8-19(17-18)26-10-4-5-11-26/h4-8,10-11,17H,9,12-16H2,1-3H3,(H2,23,24,28). The second-order valence-electron chi connectivity index (χ2n) is 8.33. The maximum Gasteiger partial charge on any atom is 0.410 e. The fourth-order valence-electron chi connectivity index (χ4n) is 3.23. The van der Waals surface area contributed by atoms with Gasteiger partial charge in [0.1, 0.15) is 5.60 Å². The highest BCUT2D eigenvalue weighted by Crippen LogP contribution is 2.15. The van der Waals surface area contributed by atoms with Gasteiger partial charge in [-0.3, -0.25) is 4.90 Å². The number of hydrogen-bond acceptors (Lipinski definition) is 4. The van der Waals surface area contributed by atoms with Crippen LogP contribution in [0.4, 0.5) is 15.3 Å². The van der Waals surface area contributed by atoms with Crippen molar-refractivity contribution in [2.24, 2.45) is 0 Å². The monoisotopic (exact) mass is 413 g/mol. The molecule has 0 radical (unpaired) electrons. The van der Waals surface area contributed by atoms with E-state index in [9.17, 15) is 9.59 Å². The molecule has 2 heterocycles. The summed E-state index contributed by atoms with van der Waals surface area (Å²) in [7, 11) is 0. The van der Waals surface area contributed by atoms with Crippen molar-refractivity contribution < 1.29 is 14.3 Å². The first-order valence-corrected chi connectivity index (χ1v) is 10.3. The van der Waals surface area contributed by atoms with Gasteiger partial charge in [-0.1, -0.05) is 6.07 Å². The molecule has 0 saturated carbocycles. The molecule has 0 bridgehead atoms. The van der Waals surface area contributed by atoms with Crippen molar-refractivity contribution in [3.8, 4) is 5.69 Å². The van der Waals surface area contributed by atoms with E-state index in [4.69, 9.17) is 4.74 Å². The molecule has 3 amide bonds. The van der Waals surface area contributed by atoms with Crippen molar-refractivity contribution in [1.82, 2.24) is 19.7 Å².